The summed E-state index contributed by atoms with van der Waals surface area (Å²) < 4.78 is 0. The van der Waals surface area contributed by atoms with Gasteiger partial charge in [-0.15, -0.1) is 6.58 Å². The molecule has 108 valence electrons. The van der Waals surface area contributed by atoms with Crippen LogP contribution < -0.4 is 10.6 Å². The number of pyridine rings is 1. The molecule has 1 aliphatic rings. The average molecular weight is 275 g/mol. The number of aliphatic hydroxyl groups excluding tert-OH is 1. The van der Waals surface area contributed by atoms with Crippen LogP contribution in [0.2, 0.25) is 0 Å². The highest BCUT2D eigenvalue weighted by Crippen LogP contribution is 2.21. The van der Waals surface area contributed by atoms with Gasteiger partial charge < -0.3 is 15.7 Å². The van der Waals surface area contributed by atoms with Gasteiger partial charge in [0.1, 0.15) is 5.82 Å². The summed E-state index contributed by atoms with van der Waals surface area (Å²) in [5.41, 5.74) is 0.515. The molecule has 1 aromatic rings. The highest BCUT2D eigenvalue weighted by molar-refractivity contribution is 5.94. The third kappa shape index (κ3) is 3.81. The van der Waals surface area contributed by atoms with Gasteiger partial charge in [-0.2, -0.15) is 0 Å². The normalized spacial score (nSPS) is 22.1. The SMILES string of the molecule is C=CCNC(=O)c1ccc(N[C@H]2CCCC[C@@H]2O)nc1. The molecule has 5 heteroatoms. The summed E-state index contributed by atoms with van der Waals surface area (Å²) in [4.78, 5) is 15.9. The molecule has 1 aromatic heterocycles. The molecule has 0 unspecified atom stereocenters. The minimum atomic E-state index is -0.318. The van der Waals surface area contributed by atoms with Crippen molar-refractivity contribution in [2.24, 2.45) is 0 Å². The van der Waals surface area contributed by atoms with E-state index >= 15 is 0 Å². The molecule has 5 nitrogen and oxygen atoms in total. The predicted octanol–water partition coefficient (Wildman–Crippen LogP) is 1.71. The van der Waals surface area contributed by atoms with Crippen LogP contribution in [0.3, 0.4) is 0 Å². The van der Waals surface area contributed by atoms with Crippen LogP contribution in [0.25, 0.3) is 0 Å². The molecule has 1 amide bonds. The fraction of sp³-hybridized carbons (Fsp3) is 0.467. The zero-order valence-electron chi connectivity index (χ0n) is 11.5. The minimum absolute atomic E-state index is 0.0525. The molecular weight excluding hydrogens is 254 g/mol. The first-order valence-corrected chi connectivity index (χ1v) is 7.00. The fourth-order valence-electron chi connectivity index (χ4n) is 2.35. The van der Waals surface area contributed by atoms with Gasteiger partial charge >= 0.3 is 0 Å². The van der Waals surface area contributed by atoms with Crippen molar-refractivity contribution >= 4 is 11.7 Å². The van der Waals surface area contributed by atoms with Gasteiger partial charge in [0.25, 0.3) is 5.91 Å². The van der Waals surface area contributed by atoms with Crippen LogP contribution in [0.4, 0.5) is 5.82 Å². The third-order valence-electron chi connectivity index (χ3n) is 3.50. The van der Waals surface area contributed by atoms with E-state index in [4.69, 9.17) is 0 Å². The molecule has 2 rings (SSSR count). The van der Waals surface area contributed by atoms with E-state index in [-0.39, 0.29) is 18.1 Å². The molecule has 0 aliphatic heterocycles. The van der Waals surface area contributed by atoms with Crippen LogP contribution in [0.15, 0.2) is 31.0 Å². The van der Waals surface area contributed by atoms with Crippen molar-refractivity contribution in [1.82, 2.24) is 10.3 Å². The van der Waals surface area contributed by atoms with Crippen LogP contribution in [-0.4, -0.2) is 34.7 Å². The van der Waals surface area contributed by atoms with Crippen LogP contribution in [-0.2, 0) is 0 Å². The second-order valence-corrected chi connectivity index (χ2v) is 5.03. The van der Waals surface area contributed by atoms with Crippen LogP contribution >= 0.6 is 0 Å². The van der Waals surface area contributed by atoms with Gasteiger partial charge in [-0.25, -0.2) is 4.98 Å². The molecule has 0 radical (unpaired) electrons. The van der Waals surface area contributed by atoms with E-state index in [1.165, 1.54) is 6.20 Å². The predicted molar refractivity (Wildman–Crippen MR) is 78.7 cm³/mol. The zero-order valence-corrected chi connectivity index (χ0v) is 11.5. The van der Waals surface area contributed by atoms with Crippen molar-refractivity contribution in [3.63, 3.8) is 0 Å². The first-order chi connectivity index (χ1) is 9.70. The van der Waals surface area contributed by atoms with Crippen molar-refractivity contribution < 1.29 is 9.90 Å². The number of amides is 1. The summed E-state index contributed by atoms with van der Waals surface area (Å²) in [7, 11) is 0. The number of anilines is 1. The van der Waals surface area contributed by atoms with Gasteiger partial charge in [-0.05, 0) is 25.0 Å². The molecule has 2 atom stereocenters. The molecule has 20 heavy (non-hydrogen) atoms. The summed E-state index contributed by atoms with van der Waals surface area (Å²) in [6.45, 7) is 3.99. The van der Waals surface area contributed by atoms with E-state index in [2.05, 4.69) is 22.2 Å². The highest BCUT2D eigenvalue weighted by atomic mass is 16.3. The van der Waals surface area contributed by atoms with Gasteiger partial charge in [0.05, 0.1) is 17.7 Å². The van der Waals surface area contributed by atoms with Crippen LogP contribution in [0, 0.1) is 0 Å². The topological polar surface area (TPSA) is 74.2 Å². The van der Waals surface area contributed by atoms with E-state index in [0.29, 0.717) is 17.9 Å². The molecule has 1 aliphatic carbocycles. The minimum Gasteiger partial charge on any atom is -0.391 e. The van der Waals surface area contributed by atoms with Gasteiger partial charge in [-0.1, -0.05) is 18.9 Å². The monoisotopic (exact) mass is 275 g/mol. The maximum atomic E-state index is 11.7. The Balaban J connectivity index is 1.94. The summed E-state index contributed by atoms with van der Waals surface area (Å²) in [5.74, 6) is 0.526. The fourth-order valence-corrected chi connectivity index (χ4v) is 2.35. The largest absolute Gasteiger partial charge is 0.391 e. The van der Waals surface area contributed by atoms with Gasteiger partial charge in [-0.3, -0.25) is 4.79 Å². The number of aliphatic hydroxyl groups is 1. The Morgan fingerprint density at radius 3 is 2.90 bits per heavy atom. The Hall–Kier alpha value is -1.88. The number of carbonyl (C=O) groups is 1. The Kier molecular flexibility index (Phi) is 5.12. The van der Waals surface area contributed by atoms with Crippen molar-refractivity contribution in [2.75, 3.05) is 11.9 Å². The number of hydrogen-bond acceptors (Lipinski definition) is 4. The number of aromatic nitrogens is 1. The van der Waals surface area contributed by atoms with Crippen molar-refractivity contribution in [2.45, 2.75) is 37.8 Å². The lowest BCUT2D eigenvalue weighted by molar-refractivity contribution is 0.0957. The quantitative estimate of drug-likeness (QED) is 0.715. The van der Waals surface area contributed by atoms with Crippen molar-refractivity contribution in [3.05, 3.63) is 36.5 Å². The summed E-state index contributed by atoms with van der Waals surface area (Å²) in [6, 6.07) is 3.55. The standard InChI is InChI=1S/C15H21N3O2/c1-2-9-16-15(20)11-7-8-14(17-10-11)18-12-5-3-4-6-13(12)19/h2,7-8,10,12-13,19H,1,3-6,9H2,(H,16,20)(H,17,18)/t12-,13-/m0/s1. The van der Waals surface area contributed by atoms with Crippen LogP contribution in [0.1, 0.15) is 36.0 Å². The summed E-state index contributed by atoms with van der Waals surface area (Å²) in [5, 5.41) is 15.8. The number of rotatable bonds is 5. The number of hydrogen-bond donors (Lipinski definition) is 3. The maximum Gasteiger partial charge on any atom is 0.253 e. The lowest BCUT2D eigenvalue weighted by atomic mass is 9.92. The van der Waals surface area contributed by atoms with Gasteiger partial charge in [0, 0.05) is 12.7 Å². The summed E-state index contributed by atoms with van der Waals surface area (Å²) in [6.07, 6.45) is 6.83. The summed E-state index contributed by atoms with van der Waals surface area (Å²) >= 11 is 0. The van der Waals surface area contributed by atoms with E-state index in [1.807, 2.05) is 0 Å². The maximum absolute atomic E-state index is 11.7. The molecule has 1 heterocycles. The van der Waals surface area contributed by atoms with Crippen molar-refractivity contribution in [3.8, 4) is 0 Å². The number of nitrogens with zero attached hydrogens (tertiary/aromatic N) is 1. The smallest absolute Gasteiger partial charge is 0.253 e. The molecule has 0 aromatic carbocycles. The first kappa shape index (κ1) is 14.5. The van der Waals surface area contributed by atoms with Gasteiger partial charge in [0.2, 0.25) is 0 Å². The molecule has 0 bridgehead atoms. The molecule has 3 N–H and O–H groups in total. The molecular formula is C15H21N3O2. The second kappa shape index (κ2) is 7.05. The Morgan fingerprint density at radius 1 is 1.45 bits per heavy atom. The zero-order chi connectivity index (χ0) is 14.4. The third-order valence-corrected chi connectivity index (χ3v) is 3.50. The van der Waals surface area contributed by atoms with Gasteiger partial charge in [0.15, 0.2) is 0 Å². The highest BCUT2D eigenvalue weighted by Gasteiger charge is 2.22. The Bertz CT molecular complexity index is 459. The lowest BCUT2D eigenvalue weighted by Crippen LogP contribution is -2.36. The number of nitrogens with one attached hydrogen (secondary N) is 2. The molecule has 1 saturated carbocycles. The van der Waals surface area contributed by atoms with E-state index in [0.717, 1.165) is 25.7 Å². The van der Waals surface area contributed by atoms with E-state index < -0.39 is 0 Å². The number of carbonyl (C=O) groups excluding carboxylic acids is 1. The molecule has 0 spiro atoms. The Morgan fingerprint density at radius 2 is 2.25 bits per heavy atom. The first-order valence-electron chi connectivity index (χ1n) is 7.00. The lowest BCUT2D eigenvalue weighted by Gasteiger charge is -2.28. The average Bonchev–Trinajstić information content (AvgIpc) is 2.48. The Labute approximate surface area is 119 Å². The van der Waals surface area contributed by atoms with Crippen molar-refractivity contribution in [1.29, 1.82) is 0 Å². The molecule has 1 fully saturated rings. The van der Waals surface area contributed by atoms with E-state index in [9.17, 15) is 9.90 Å². The van der Waals surface area contributed by atoms with E-state index in [1.54, 1.807) is 18.2 Å². The van der Waals surface area contributed by atoms with Crippen LogP contribution in [0.5, 0.6) is 0 Å². The second-order valence-electron chi connectivity index (χ2n) is 5.03. The molecule has 0 saturated heterocycles.